The van der Waals surface area contributed by atoms with Crippen molar-refractivity contribution in [1.82, 2.24) is 74.2 Å². The summed E-state index contributed by atoms with van der Waals surface area (Å²) in [7, 11) is 12.0. The molecule has 4 amide bonds. The monoisotopic (exact) mass is 1980 g/mol. The van der Waals surface area contributed by atoms with Gasteiger partial charge in [-0.25, -0.2) is 9.97 Å². The van der Waals surface area contributed by atoms with Crippen LogP contribution in [0.2, 0.25) is 0 Å². The predicted octanol–water partition coefficient (Wildman–Crippen LogP) is 15.1. The Morgan fingerprint density at radius 3 is 1.04 bits per heavy atom. The van der Waals surface area contributed by atoms with Crippen LogP contribution in [0, 0.1) is 0 Å². The van der Waals surface area contributed by atoms with Gasteiger partial charge >= 0.3 is 18.0 Å². The molecular weight excluding hydrogens is 1830 g/mol. The lowest BCUT2D eigenvalue weighted by molar-refractivity contribution is -0.126. The summed E-state index contributed by atoms with van der Waals surface area (Å²) in [5, 5.41) is 49.2. The van der Waals surface area contributed by atoms with Crippen LogP contribution in [-0.2, 0) is 71.0 Å². The van der Waals surface area contributed by atoms with Gasteiger partial charge < -0.3 is 111 Å². The van der Waals surface area contributed by atoms with Crippen LogP contribution < -0.4 is 56.7 Å². The summed E-state index contributed by atoms with van der Waals surface area (Å²) in [5.74, 6) is 3.16. The number of carbonyl (C=O) groups excluding carboxylic acids is 4. The van der Waals surface area contributed by atoms with Crippen molar-refractivity contribution in [1.29, 1.82) is 0 Å². The molecule has 0 fully saturated rings. The average molecular weight is 1980 g/mol. The highest BCUT2D eigenvalue weighted by molar-refractivity contribution is 5.99. The van der Waals surface area contributed by atoms with Crippen LogP contribution in [0.1, 0.15) is 121 Å². The molecule has 0 spiro atoms. The molecular formula is C111H149N23O11. The second kappa shape index (κ2) is 56.0. The van der Waals surface area contributed by atoms with E-state index in [-0.39, 0.29) is 58.8 Å². The van der Waals surface area contributed by atoms with Gasteiger partial charge in [0.2, 0.25) is 23.6 Å². The van der Waals surface area contributed by atoms with Crippen LogP contribution >= 0.6 is 0 Å². The molecule has 0 bridgehead atoms. The minimum Gasteiger partial charge on any atom is -0.508 e. The lowest BCUT2D eigenvalue weighted by atomic mass is 9.97. The normalized spacial score (nSPS) is 13.2. The van der Waals surface area contributed by atoms with Crippen LogP contribution in [0.5, 0.6) is 41.0 Å². The van der Waals surface area contributed by atoms with Gasteiger partial charge in [-0.3, -0.25) is 19.2 Å². The molecule has 0 saturated heterocycles. The minimum absolute atomic E-state index is 0.0139. The Morgan fingerprint density at radius 1 is 0.400 bits per heavy atom. The van der Waals surface area contributed by atoms with Crippen LogP contribution in [0.25, 0.3) is 43.1 Å². The first-order valence-electron chi connectivity index (χ1n) is 49.5. The van der Waals surface area contributed by atoms with Crippen LogP contribution in [-0.4, -0.2) is 277 Å². The lowest BCUT2D eigenvalue weighted by Crippen LogP contribution is -2.39. The molecule has 4 aliphatic rings. The quantitative estimate of drug-likeness (QED) is 0.0159. The molecule has 145 heavy (non-hydrogen) atoms. The molecule has 0 radical (unpaired) electrons. The number of amides is 4. The standard InChI is InChI=1S/2C22H27N5O2.C21H25N5O2.C18H18N4O.4C7H13NO/c1-14(12-26(2)3)29-22-24-19-13-27(9-8-18(19)21(23)25-22)20-11-16(28)10-15-6-4-5-7-17(15)20;1-26(2)9-5-11-29-22-24-19-14-27(10-8-18(19)21(23)25-22)20-13-16(28)12-15-6-3-4-7-17(15)20;1-25(2)9-10-28-21-23-18-13-26(8-7-17(18)20(22)24-21)19-12-15(27)11-14-5-3-4-6-16(14)19;1-11-6-15-16(20-10-21-18(15)19)9-22(11)17-8-13(23)7-12-4-2-3-5-14(12)17;4*1-4-7(9)8(5-2)6-3/h4-7,10-11,14,28H,8-9,12-13H2,1-3H3,(H2,23,24,25);3-4,6-7,12-13,28H,5,8-11,14H2,1-2H3,(H2,23,24,25);3-6,11-12,27H,7-10,13H2,1-2H3,(H2,22,23,24);2-5,7-8,10-11,23H,6,9H2,1H3,(H2,19,20,21);4*4H,1,5-6H2,2-3H3. The predicted molar refractivity (Wildman–Crippen MR) is 586 cm³/mol. The maximum Gasteiger partial charge on any atom is 0.318 e. The number of likely N-dealkylation sites (N-methyl/N-ethyl adjacent to an activating group) is 6. The summed E-state index contributed by atoms with van der Waals surface area (Å²) in [6.07, 6.45) is 10.8. The van der Waals surface area contributed by atoms with E-state index in [1.807, 2.05) is 207 Å². The van der Waals surface area contributed by atoms with Crippen molar-refractivity contribution in [3.05, 3.63) is 248 Å². The molecule has 16 rings (SSSR count). The van der Waals surface area contributed by atoms with Crippen molar-refractivity contribution < 1.29 is 53.8 Å². The van der Waals surface area contributed by atoms with Gasteiger partial charge in [0.25, 0.3) is 0 Å². The highest BCUT2D eigenvalue weighted by atomic mass is 16.5. The summed E-state index contributed by atoms with van der Waals surface area (Å²) < 4.78 is 17.3. The molecule has 8 aromatic carbocycles. The first-order chi connectivity index (χ1) is 69.6. The van der Waals surface area contributed by atoms with Crippen molar-refractivity contribution in [2.24, 2.45) is 0 Å². The van der Waals surface area contributed by atoms with Crippen molar-refractivity contribution >= 4 is 113 Å². The van der Waals surface area contributed by atoms with E-state index in [1.54, 1.807) is 43.9 Å². The third-order valence-electron chi connectivity index (χ3n) is 25.0. The molecule has 4 aromatic heterocycles. The number of nitrogens with zero attached hydrogens (tertiary/aromatic N) is 19. The molecule has 774 valence electrons. The number of benzene rings is 8. The maximum absolute atomic E-state index is 10.8. The van der Waals surface area contributed by atoms with E-state index in [4.69, 9.17) is 37.1 Å². The lowest BCUT2D eigenvalue weighted by Gasteiger charge is -2.37. The van der Waals surface area contributed by atoms with Gasteiger partial charge in [-0.05, 0) is 214 Å². The topological polar surface area (TPSA) is 420 Å². The molecule has 4 aliphatic heterocycles. The van der Waals surface area contributed by atoms with E-state index >= 15 is 0 Å². The van der Waals surface area contributed by atoms with Gasteiger partial charge in [0, 0.05) is 188 Å². The van der Waals surface area contributed by atoms with Gasteiger partial charge in [-0.1, -0.05) is 123 Å². The highest BCUT2D eigenvalue weighted by Crippen LogP contribution is 2.41. The number of phenolic OH excluding ortho intramolecular Hbond substituents is 4. The van der Waals surface area contributed by atoms with E-state index in [1.165, 1.54) is 30.6 Å². The van der Waals surface area contributed by atoms with E-state index in [0.29, 0.717) is 80.7 Å². The number of phenols is 4. The van der Waals surface area contributed by atoms with Crippen molar-refractivity contribution in [3.8, 4) is 41.0 Å². The number of fused-ring (bicyclic) bond motifs is 8. The average Bonchev–Trinajstić information content (AvgIpc) is 0.784. The Hall–Kier alpha value is -15.2. The number of anilines is 8. The van der Waals surface area contributed by atoms with Gasteiger partial charge in [0.15, 0.2) is 0 Å². The van der Waals surface area contributed by atoms with Gasteiger partial charge in [0.05, 0.1) is 55.6 Å². The Balaban J connectivity index is 0.000000194. The number of hydrogen-bond donors (Lipinski definition) is 8. The summed E-state index contributed by atoms with van der Waals surface area (Å²) in [5.41, 5.74) is 36.2. The maximum atomic E-state index is 10.8. The first kappa shape index (κ1) is 113. The zero-order chi connectivity index (χ0) is 106. The van der Waals surface area contributed by atoms with Gasteiger partial charge in [-0.15, -0.1) is 0 Å². The fourth-order valence-electron chi connectivity index (χ4n) is 17.4. The summed E-state index contributed by atoms with van der Waals surface area (Å²) in [6.45, 7) is 47.8. The van der Waals surface area contributed by atoms with Crippen LogP contribution in [0.15, 0.2) is 203 Å². The first-order valence-corrected chi connectivity index (χ1v) is 49.5. The summed E-state index contributed by atoms with van der Waals surface area (Å²) >= 11 is 0. The van der Waals surface area contributed by atoms with Crippen molar-refractivity contribution in [2.75, 3.05) is 190 Å². The van der Waals surface area contributed by atoms with Crippen molar-refractivity contribution in [3.63, 3.8) is 0 Å². The van der Waals surface area contributed by atoms with E-state index in [2.05, 4.69) is 127 Å². The van der Waals surface area contributed by atoms with E-state index in [0.717, 1.165) is 235 Å². The minimum atomic E-state index is -0.0443. The second-order valence-corrected chi connectivity index (χ2v) is 35.8. The SMILES string of the molecule is C=CC(=O)N(CC)CC.C=CC(=O)N(CC)CC.C=CC(=O)N(CC)CC.C=CC(=O)N(CC)CC.CC(CN(C)C)Oc1nc(N)c2c(n1)CN(c1cc(O)cc3ccccc13)CC2.CC1Cc2c(N)ncnc2CN1c1cc(O)cc2ccccc12.CN(C)CCCOc1nc(N)c2c(n1)CN(c1cc(O)cc3ccccc13)CC2.CN(C)CCOc1nc(N)c2c(n1)CN(c1cc(O)cc3ccccc13)CC2. The van der Waals surface area contributed by atoms with Gasteiger partial charge in [-0.2, -0.15) is 29.9 Å². The Bertz CT molecular complexity index is 6230. The van der Waals surface area contributed by atoms with Crippen LogP contribution in [0.3, 0.4) is 0 Å². The van der Waals surface area contributed by atoms with E-state index < -0.39 is 0 Å². The molecule has 2 atom stereocenters. The number of aromatic hydroxyl groups is 4. The van der Waals surface area contributed by atoms with Gasteiger partial charge in [0.1, 0.15) is 65.3 Å². The van der Waals surface area contributed by atoms with E-state index in [9.17, 15) is 39.6 Å². The van der Waals surface area contributed by atoms with Crippen LogP contribution in [0.4, 0.5) is 46.0 Å². The number of nitrogen functional groups attached to an aromatic ring is 4. The third-order valence-corrected chi connectivity index (χ3v) is 25.0. The highest BCUT2D eigenvalue weighted by Gasteiger charge is 2.31. The number of carbonyl (C=O) groups is 4. The zero-order valence-corrected chi connectivity index (χ0v) is 87.4. The fraction of sp³-hybridized carbons (Fsp3) is 0.387. The molecule has 12 aromatic rings. The number of nitrogens with two attached hydrogens (primary N) is 4. The largest absolute Gasteiger partial charge is 0.508 e. The Kier molecular flexibility index (Phi) is 43.8. The number of aromatic nitrogens is 8. The summed E-state index contributed by atoms with van der Waals surface area (Å²) in [4.78, 5) is 101. The number of rotatable bonds is 29. The molecule has 34 heteroatoms. The number of ether oxygens (including phenoxy) is 3. The molecule has 2 unspecified atom stereocenters. The molecule has 8 heterocycles. The zero-order valence-electron chi connectivity index (χ0n) is 87.4. The summed E-state index contributed by atoms with van der Waals surface area (Å²) in [6, 6.07) is 48.0. The van der Waals surface area contributed by atoms with Crippen molar-refractivity contribution in [2.45, 2.75) is 140 Å². The third kappa shape index (κ3) is 31.9. The Morgan fingerprint density at radius 2 is 0.717 bits per heavy atom. The molecule has 12 N–H and O–H groups in total. The number of hydrogen-bond acceptors (Lipinski definition) is 30. The Labute approximate surface area is 854 Å². The second-order valence-electron chi connectivity index (χ2n) is 35.8. The smallest absolute Gasteiger partial charge is 0.318 e. The molecule has 0 aliphatic carbocycles. The fourth-order valence-corrected chi connectivity index (χ4v) is 17.4. The molecule has 0 saturated carbocycles. The molecule has 34 nitrogen and oxygen atoms in total.